The molecule has 4 rings (SSSR count). The molecule has 7 nitrogen and oxygen atoms in total. The number of pyridine rings is 1. The number of carbonyl (C=O) groups excluding carboxylic acids is 1. The molecule has 0 aliphatic carbocycles. The monoisotopic (exact) mass is 389 g/mol. The smallest absolute Gasteiger partial charge is 0.267 e. The second kappa shape index (κ2) is 6.54. The van der Waals surface area contributed by atoms with Crippen molar-refractivity contribution in [3.8, 4) is 0 Å². The van der Waals surface area contributed by atoms with E-state index in [4.69, 9.17) is 0 Å². The molecule has 1 N–H and O–H groups in total. The molecule has 0 aliphatic rings. The Morgan fingerprint density at radius 2 is 2.20 bits per heavy atom. The molecule has 0 aromatic carbocycles. The van der Waals surface area contributed by atoms with E-state index in [0.717, 1.165) is 10.1 Å². The van der Waals surface area contributed by atoms with Gasteiger partial charge in [-0.2, -0.15) is 0 Å². The first-order chi connectivity index (χ1) is 12.2. The zero-order chi connectivity index (χ0) is 17.4. The predicted molar refractivity (Wildman–Crippen MR) is 101 cm³/mol. The van der Waals surface area contributed by atoms with Crippen molar-refractivity contribution in [1.29, 1.82) is 0 Å². The van der Waals surface area contributed by atoms with Crippen LogP contribution in [0.2, 0.25) is 0 Å². The molecular formula is C15H11N5O2S3. The third-order valence-corrected chi connectivity index (χ3v) is 6.22. The summed E-state index contributed by atoms with van der Waals surface area (Å²) in [6.07, 6.45) is 1.66. The van der Waals surface area contributed by atoms with E-state index in [1.807, 2.05) is 13.0 Å². The number of amides is 1. The highest BCUT2D eigenvalue weighted by molar-refractivity contribution is 8.01. The molecule has 0 unspecified atom stereocenters. The molecule has 0 saturated heterocycles. The minimum absolute atomic E-state index is 0.187. The number of thiophene rings is 1. The van der Waals surface area contributed by atoms with Crippen LogP contribution in [-0.4, -0.2) is 31.2 Å². The van der Waals surface area contributed by atoms with Gasteiger partial charge in [-0.1, -0.05) is 36.1 Å². The Hall–Kier alpha value is -2.30. The average Bonchev–Trinajstić information content (AvgIpc) is 3.22. The summed E-state index contributed by atoms with van der Waals surface area (Å²) in [5.41, 5.74) is 0.368. The van der Waals surface area contributed by atoms with Crippen LogP contribution in [0.5, 0.6) is 0 Å². The van der Waals surface area contributed by atoms with Gasteiger partial charge in [0.05, 0.1) is 10.3 Å². The van der Waals surface area contributed by atoms with Crippen molar-refractivity contribution in [3.63, 3.8) is 0 Å². The standard InChI is InChI=1S/C15H11N5O2S3/c1-2-23-15-19-18-14(25-15)17-11(21)9-7-8-12(24-9)16-10-5-3-4-6-20(10)13(8)22/h3-7H,2H2,1H3,(H,17,18,21). The Labute approximate surface area is 153 Å². The zero-order valence-electron chi connectivity index (χ0n) is 12.9. The van der Waals surface area contributed by atoms with Crippen molar-refractivity contribution in [3.05, 3.63) is 45.7 Å². The van der Waals surface area contributed by atoms with Crippen molar-refractivity contribution < 1.29 is 4.79 Å². The lowest BCUT2D eigenvalue weighted by Crippen LogP contribution is -2.13. The summed E-state index contributed by atoms with van der Waals surface area (Å²) in [7, 11) is 0. The minimum atomic E-state index is -0.319. The molecule has 4 aromatic heterocycles. The van der Waals surface area contributed by atoms with Crippen LogP contribution >= 0.6 is 34.4 Å². The van der Waals surface area contributed by atoms with E-state index < -0.39 is 0 Å². The van der Waals surface area contributed by atoms with Crippen LogP contribution in [-0.2, 0) is 0 Å². The molecule has 4 heterocycles. The summed E-state index contributed by atoms with van der Waals surface area (Å²) >= 11 is 4.08. The SMILES string of the molecule is CCSc1nnc(NC(=O)c2cc3c(=O)n4ccccc4nc3s2)s1. The summed E-state index contributed by atoms with van der Waals surface area (Å²) in [6.45, 7) is 2.02. The van der Waals surface area contributed by atoms with Gasteiger partial charge in [-0.05, 0) is 24.0 Å². The van der Waals surface area contributed by atoms with Crippen LogP contribution in [0.15, 0.2) is 39.6 Å². The highest BCUT2D eigenvalue weighted by Gasteiger charge is 2.16. The minimum Gasteiger partial charge on any atom is -0.296 e. The van der Waals surface area contributed by atoms with Crippen molar-refractivity contribution in [1.82, 2.24) is 19.6 Å². The Balaban J connectivity index is 1.68. The fraction of sp³-hybridized carbons (Fsp3) is 0.133. The average molecular weight is 389 g/mol. The maximum atomic E-state index is 12.5. The number of nitrogens with one attached hydrogen (secondary N) is 1. The molecule has 0 atom stereocenters. The Morgan fingerprint density at radius 3 is 3.04 bits per heavy atom. The van der Waals surface area contributed by atoms with Gasteiger partial charge in [0.1, 0.15) is 10.5 Å². The van der Waals surface area contributed by atoms with Crippen LogP contribution in [0.25, 0.3) is 15.9 Å². The number of thioether (sulfide) groups is 1. The fourth-order valence-electron chi connectivity index (χ4n) is 2.26. The van der Waals surface area contributed by atoms with E-state index in [1.165, 1.54) is 27.1 Å². The molecule has 25 heavy (non-hydrogen) atoms. The van der Waals surface area contributed by atoms with Crippen molar-refractivity contribution in [2.75, 3.05) is 11.1 Å². The first-order valence-corrected chi connectivity index (χ1v) is 9.96. The van der Waals surface area contributed by atoms with Crippen molar-refractivity contribution >= 4 is 61.3 Å². The Morgan fingerprint density at radius 1 is 1.32 bits per heavy atom. The summed E-state index contributed by atoms with van der Waals surface area (Å²) in [5, 5.41) is 11.5. The van der Waals surface area contributed by atoms with Gasteiger partial charge in [0.15, 0.2) is 4.34 Å². The third kappa shape index (κ3) is 3.03. The molecule has 0 saturated carbocycles. The highest BCUT2D eigenvalue weighted by atomic mass is 32.2. The second-order valence-electron chi connectivity index (χ2n) is 4.94. The van der Waals surface area contributed by atoms with Gasteiger partial charge in [-0.15, -0.1) is 21.5 Å². The van der Waals surface area contributed by atoms with E-state index in [2.05, 4.69) is 20.5 Å². The van der Waals surface area contributed by atoms with Crippen LogP contribution < -0.4 is 10.9 Å². The number of fused-ring (bicyclic) bond motifs is 2. The molecule has 4 aromatic rings. The summed E-state index contributed by atoms with van der Waals surface area (Å²) in [6, 6.07) is 6.92. The molecule has 0 radical (unpaired) electrons. The van der Waals surface area contributed by atoms with E-state index in [0.29, 0.717) is 25.9 Å². The molecule has 10 heteroatoms. The molecule has 1 amide bonds. The third-order valence-electron chi connectivity index (χ3n) is 3.33. The first kappa shape index (κ1) is 16.2. The molecule has 0 aliphatic heterocycles. The number of hydrogen-bond donors (Lipinski definition) is 1. The number of aromatic nitrogens is 4. The molecule has 0 bridgehead atoms. The lowest BCUT2D eigenvalue weighted by molar-refractivity contribution is 0.103. The largest absolute Gasteiger partial charge is 0.296 e. The lowest BCUT2D eigenvalue weighted by atomic mass is 10.3. The molecule has 0 fully saturated rings. The summed E-state index contributed by atoms with van der Waals surface area (Å²) < 4.78 is 2.27. The number of hydrogen-bond acceptors (Lipinski definition) is 8. The quantitative estimate of drug-likeness (QED) is 0.426. The maximum Gasteiger partial charge on any atom is 0.267 e. The van der Waals surface area contributed by atoms with Gasteiger partial charge in [0.25, 0.3) is 11.5 Å². The Bertz CT molecular complexity index is 1150. The highest BCUT2D eigenvalue weighted by Crippen LogP contribution is 2.27. The normalized spacial score (nSPS) is 11.2. The van der Waals surface area contributed by atoms with Gasteiger partial charge in [0.2, 0.25) is 5.13 Å². The van der Waals surface area contributed by atoms with Gasteiger partial charge in [-0.25, -0.2) is 4.98 Å². The predicted octanol–water partition coefficient (Wildman–Crippen LogP) is 3.13. The number of rotatable bonds is 4. The number of nitrogens with zero attached hydrogens (tertiary/aromatic N) is 4. The number of carbonyl (C=O) groups is 1. The van der Waals surface area contributed by atoms with Crippen LogP contribution in [0, 0.1) is 0 Å². The van der Waals surface area contributed by atoms with E-state index in [1.54, 1.807) is 36.2 Å². The van der Waals surface area contributed by atoms with E-state index in [-0.39, 0.29) is 11.5 Å². The lowest BCUT2D eigenvalue weighted by Gasteiger charge is -1.97. The summed E-state index contributed by atoms with van der Waals surface area (Å²) in [4.78, 5) is 30.4. The fourth-order valence-corrected chi connectivity index (χ4v) is 4.83. The van der Waals surface area contributed by atoms with Gasteiger partial charge in [-0.3, -0.25) is 19.3 Å². The second-order valence-corrected chi connectivity index (χ2v) is 8.45. The van der Waals surface area contributed by atoms with Gasteiger partial charge < -0.3 is 0 Å². The van der Waals surface area contributed by atoms with Gasteiger partial charge >= 0.3 is 0 Å². The molecular weight excluding hydrogens is 378 g/mol. The molecule has 0 spiro atoms. The van der Waals surface area contributed by atoms with Crippen LogP contribution in [0.4, 0.5) is 5.13 Å². The Kier molecular flexibility index (Phi) is 4.24. The van der Waals surface area contributed by atoms with Gasteiger partial charge in [0, 0.05) is 6.20 Å². The maximum absolute atomic E-state index is 12.5. The zero-order valence-corrected chi connectivity index (χ0v) is 15.4. The molecule has 126 valence electrons. The topological polar surface area (TPSA) is 89.2 Å². The van der Waals surface area contributed by atoms with E-state index >= 15 is 0 Å². The summed E-state index contributed by atoms with van der Waals surface area (Å²) in [5.74, 6) is 0.572. The van der Waals surface area contributed by atoms with Crippen LogP contribution in [0.1, 0.15) is 16.6 Å². The first-order valence-electron chi connectivity index (χ1n) is 7.34. The van der Waals surface area contributed by atoms with E-state index in [9.17, 15) is 9.59 Å². The number of anilines is 1. The van der Waals surface area contributed by atoms with Crippen molar-refractivity contribution in [2.45, 2.75) is 11.3 Å². The van der Waals surface area contributed by atoms with Crippen LogP contribution in [0.3, 0.4) is 0 Å². The van der Waals surface area contributed by atoms with Crippen molar-refractivity contribution in [2.24, 2.45) is 0 Å².